The van der Waals surface area contributed by atoms with Gasteiger partial charge in [-0.15, -0.1) is 0 Å². The Balaban J connectivity index is 2.00. The molecule has 1 aliphatic heterocycles. The fourth-order valence-corrected chi connectivity index (χ4v) is 6.19. The molecular weight excluding hydrogens is 562 g/mol. The number of unbranched alkanes of at least 4 members (excludes halogenated alkanes) is 18. The molecule has 1 fully saturated rings. The van der Waals surface area contributed by atoms with Crippen molar-refractivity contribution >= 4 is 0 Å². The molecule has 3 heteroatoms. The summed E-state index contributed by atoms with van der Waals surface area (Å²) < 4.78 is 12.8. The van der Waals surface area contributed by atoms with Crippen LogP contribution in [0.2, 0.25) is 0 Å². The highest BCUT2D eigenvalue weighted by molar-refractivity contribution is 4.93. The fourth-order valence-electron chi connectivity index (χ4n) is 6.19. The fraction of sp³-hybridized carbons (Fsp3) is 0.814. The quantitative estimate of drug-likeness (QED) is 0.0526. The maximum atomic E-state index is 6.60. The minimum absolute atomic E-state index is 0.0537. The van der Waals surface area contributed by atoms with Crippen molar-refractivity contribution in [2.75, 3.05) is 40.0 Å². The zero-order chi connectivity index (χ0) is 33.1. The lowest BCUT2D eigenvalue weighted by molar-refractivity contribution is -0.125. The molecule has 3 nitrogen and oxygen atoms in total. The zero-order valence-corrected chi connectivity index (χ0v) is 31.3. The van der Waals surface area contributed by atoms with Crippen molar-refractivity contribution in [3.05, 3.63) is 48.6 Å². The van der Waals surface area contributed by atoms with E-state index in [2.05, 4.69) is 74.4 Å². The van der Waals surface area contributed by atoms with Crippen LogP contribution in [-0.2, 0) is 9.47 Å². The zero-order valence-electron chi connectivity index (χ0n) is 31.3. The largest absolute Gasteiger partial charge is 0.378 e. The molecule has 0 aromatic carbocycles. The number of rotatable bonds is 33. The number of hydrogen-bond acceptors (Lipinski definition) is 3. The molecule has 0 atom stereocenters. The van der Waals surface area contributed by atoms with Crippen LogP contribution in [0.1, 0.15) is 181 Å². The molecule has 1 heterocycles. The minimum atomic E-state index is -0.0537. The van der Waals surface area contributed by atoms with E-state index in [4.69, 9.17) is 9.47 Å². The highest BCUT2D eigenvalue weighted by Gasteiger charge is 2.34. The molecule has 0 spiro atoms. The third kappa shape index (κ3) is 27.9. The van der Waals surface area contributed by atoms with Gasteiger partial charge in [0.05, 0.1) is 12.2 Å². The number of nitrogens with zero attached hydrogens (tertiary/aromatic N) is 1. The van der Waals surface area contributed by atoms with Gasteiger partial charge in [-0.1, -0.05) is 140 Å². The van der Waals surface area contributed by atoms with E-state index >= 15 is 0 Å². The Kier molecular flexibility index (Phi) is 31.4. The molecule has 0 aliphatic carbocycles. The summed E-state index contributed by atoms with van der Waals surface area (Å²) >= 11 is 0. The Hall–Kier alpha value is -1.16. The summed E-state index contributed by atoms with van der Waals surface area (Å²) in [7, 11) is 2.23. The Labute approximate surface area is 288 Å². The minimum Gasteiger partial charge on any atom is -0.378 e. The molecule has 0 N–H and O–H groups in total. The van der Waals surface area contributed by atoms with Gasteiger partial charge in [-0.2, -0.15) is 0 Å². The molecule has 0 aromatic rings. The third-order valence-electron chi connectivity index (χ3n) is 9.51. The van der Waals surface area contributed by atoms with Crippen LogP contribution in [0.5, 0.6) is 0 Å². The van der Waals surface area contributed by atoms with E-state index in [1.165, 1.54) is 141 Å². The first-order valence-corrected chi connectivity index (χ1v) is 20.2. The number of piperidine rings is 1. The predicted molar refractivity (Wildman–Crippen MR) is 205 cm³/mol. The summed E-state index contributed by atoms with van der Waals surface area (Å²) in [4.78, 5) is 2.44. The molecule has 0 unspecified atom stereocenters. The van der Waals surface area contributed by atoms with Gasteiger partial charge in [0.15, 0.2) is 0 Å². The van der Waals surface area contributed by atoms with E-state index in [-0.39, 0.29) is 5.60 Å². The van der Waals surface area contributed by atoms with Gasteiger partial charge in [0.2, 0.25) is 0 Å². The summed E-state index contributed by atoms with van der Waals surface area (Å²) in [6.45, 7) is 9.35. The Morgan fingerprint density at radius 3 is 1.33 bits per heavy atom. The lowest BCUT2D eigenvalue weighted by atomic mass is 9.92. The van der Waals surface area contributed by atoms with Crippen molar-refractivity contribution in [2.24, 2.45) is 0 Å². The molecule has 1 aliphatic rings. The second-order valence-corrected chi connectivity index (χ2v) is 14.1. The smallest absolute Gasteiger partial charge is 0.0939 e. The molecule has 0 radical (unpaired) electrons. The second-order valence-electron chi connectivity index (χ2n) is 14.1. The molecule has 0 saturated carbocycles. The predicted octanol–water partition coefficient (Wildman–Crippen LogP) is 13.1. The van der Waals surface area contributed by atoms with Gasteiger partial charge in [0.1, 0.15) is 0 Å². The highest BCUT2D eigenvalue weighted by atomic mass is 16.5. The Morgan fingerprint density at radius 2 is 0.870 bits per heavy atom. The first-order valence-electron chi connectivity index (χ1n) is 20.2. The number of ether oxygens (including phenoxy) is 2. The molecule has 0 bridgehead atoms. The molecule has 1 rings (SSSR count). The van der Waals surface area contributed by atoms with Crippen molar-refractivity contribution in [1.82, 2.24) is 4.90 Å². The van der Waals surface area contributed by atoms with E-state index in [0.29, 0.717) is 0 Å². The SMILES string of the molecule is CCCCC/C=C\C/C=C\CCCCCCCCOCC1(OCCCCCCCC/C=C\C/C=C\CCCCC)CCN(C)CC1. The van der Waals surface area contributed by atoms with E-state index in [0.717, 1.165) is 58.6 Å². The molecule has 1 saturated heterocycles. The maximum absolute atomic E-state index is 6.60. The van der Waals surface area contributed by atoms with Crippen LogP contribution < -0.4 is 0 Å². The molecule has 268 valence electrons. The number of allylic oxidation sites excluding steroid dienone is 8. The summed E-state index contributed by atoms with van der Waals surface area (Å²) in [5, 5.41) is 0. The van der Waals surface area contributed by atoms with Crippen LogP contribution >= 0.6 is 0 Å². The third-order valence-corrected chi connectivity index (χ3v) is 9.51. The second kappa shape index (κ2) is 33.7. The topological polar surface area (TPSA) is 21.7 Å². The average Bonchev–Trinajstić information content (AvgIpc) is 3.07. The summed E-state index contributed by atoms with van der Waals surface area (Å²) in [5.74, 6) is 0. The highest BCUT2D eigenvalue weighted by Crippen LogP contribution is 2.27. The van der Waals surface area contributed by atoms with Gasteiger partial charge in [-0.05, 0) is 96.9 Å². The monoisotopic (exact) mass is 642 g/mol. The molecule has 0 amide bonds. The van der Waals surface area contributed by atoms with Crippen molar-refractivity contribution in [1.29, 1.82) is 0 Å². The van der Waals surface area contributed by atoms with Gasteiger partial charge in [-0.25, -0.2) is 0 Å². The van der Waals surface area contributed by atoms with Gasteiger partial charge in [0.25, 0.3) is 0 Å². The summed E-state index contributed by atoms with van der Waals surface area (Å²) in [5.41, 5.74) is -0.0537. The Bertz CT molecular complexity index is 731. The van der Waals surface area contributed by atoms with Crippen LogP contribution in [-0.4, -0.2) is 50.5 Å². The van der Waals surface area contributed by atoms with E-state index in [9.17, 15) is 0 Å². The van der Waals surface area contributed by atoms with Crippen molar-refractivity contribution in [3.63, 3.8) is 0 Å². The van der Waals surface area contributed by atoms with E-state index in [1.807, 2.05) is 0 Å². The van der Waals surface area contributed by atoms with Gasteiger partial charge >= 0.3 is 0 Å². The van der Waals surface area contributed by atoms with Gasteiger partial charge in [-0.3, -0.25) is 0 Å². The van der Waals surface area contributed by atoms with Crippen molar-refractivity contribution in [2.45, 2.75) is 186 Å². The van der Waals surface area contributed by atoms with Crippen LogP contribution in [0.4, 0.5) is 0 Å². The van der Waals surface area contributed by atoms with Gasteiger partial charge < -0.3 is 14.4 Å². The van der Waals surface area contributed by atoms with E-state index < -0.39 is 0 Å². The standard InChI is InChI=1S/C43H79NO2/c1-4-6-8-10-12-14-16-18-20-22-24-26-28-30-32-34-40-45-42-43(36-38-44(3)39-37-43)46-41-35-33-31-29-27-25-23-21-19-17-15-13-11-9-7-5-2/h12-15,18-21H,4-11,16-17,22-42H2,1-3H3/b14-12-,15-13-,20-18-,21-19-. The number of likely N-dealkylation sites (tertiary alicyclic amines) is 1. The summed E-state index contributed by atoms with van der Waals surface area (Å²) in [6, 6.07) is 0. The van der Waals surface area contributed by atoms with Gasteiger partial charge in [0, 0.05) is 26.3 Å². The first-order chi connectivity index (χ1) is 22.7. The molecule has 0 aromatic heterocycles. The van der Waals surface area contributed by atoms with Crippen molar-refractivity contribution in [3.8, 4) is 0 Å². The maximum Gasteiger partial charge on any atom is 0.0939 e. The van der Waals surface area contributed by atoms with Crippen molar-refractivity contribution < 1.29 is 9.47 Å². The van der Waals surface area contributed by atoms with E-state index in [1.54, 1.807) is 0 Å². The lowest BCUT2D eigenvalue weighted by Gasteiger charge is -2.40. The lowest BCUT2D eigenvalue weighted by Crippen LogP contribution is -2.48. The van der Waals surface area contributed by atoms with Crippen LogP contribution in [0.25, 0.3) is 0 Å². The average molecular weight is 642 g/mol. The van der Waals surface area contributed by atoms with Crippen LogP contribution in [0.15, 0.2) is 48.6 Å². The first kappa shape index (κ1) is 42.9. The van der Waals surface area contributed by atoms with Crippen LogP contribution in [0, 0.1) is 0 Å². The molecule has 46 heavy (non-hydrogen) atoms. The normalized spacial score (nSPS) is 15.9. The summed E-state index contributed by atoms with van der Waals surface area (Å²) in [6.07, 6.45) is 51.9. The van der Waals surface area contributed by atoms with Crippen LogP contribution in [0.3, 0.4) is 0 Å². The Morgan fingerprint density at radius 1 is 0.478 bits per heavy atom. The number of hydrogen-bond donors (Lipinski definition) is 0. The molecular formula is C43H79NO2.